The fourth-order valence-corrected chi connectivity index (χ4v) is 4.56. The van der Waals surface area contributed by atoms with E-state index in [-0.39, 0.29) is 11.5 Å². The number of aliphatic hydroxyl groups excluding tert-OH is 1. The predicted molar refractivity (Wildman–Crippen MR) is 140 cm³/mol. The van der Waals surface area contributed by atoms with Crippen LogP contribution in [0.3, 0.4) is 0 Å². The van der Waals surface area contributed by atoms with Crippen LogP contribution in [0, 0.1) is 17.8 Å². The minimum atomic E-state index is -4.86. The van der Waals surface area contributed by atoms with Crippen LogP contribution in [-0.2, 0) is 41.8 Å². The van der Waals surface area contributed by atoms with Crippen LogP contribution in [0.15, 0.2) is 18.6 Å². The Bertz CT molecular complexity index is 1330. The zero-order valence-corrected chi connectivity index (χ0v) is 24.3. The van der Waals surface area contributed by atoms with Gasteiger partial charge in [0.25, 0.3) is 5.85 Å². The van der Waals surface area contributed by atoms with Gasteiger partial charge in [-0.3, -0.25) is 4.52 Å². The Morgan fingerprint density at radius 1 is 1.14 bits per heavy atom. The summed E-state index contributed by atoms with van der Waals surface area (Å²) in [7, 11) is -4.86. The first-order valence-corrected chi connectivity index (χ1v) is 14.0. The molecule has 0 bridgehead atoms. The van der Waals surface area contributed by atoms with E-state index in [0.29, 0.717) is 5.39 Å². The van der Waals surface area contributed by atoms with E-state index < -0.39 is 76.6 Å². The molecule has 1 aliphatic heterocycles. The number of nitrogen functional groups attached to an aromatic ring is 1. The maximum absolute atomic E-state index is 16.1. The first-order valence-electron chi connectivity index (χ1n) is 12.5. The molecule has 0 aliphatic carbocycles. The van der Waals surface area contributed by atoms with Gasteiger partial charge in [-0.25, -0.2) is 37.6 Å². The molecule has 2 aromatic heterocycles. The first-order chi connectivity index (χ1) is 19.8. The van der Waals surface area contributed by atoms with Crippen molar-refractivity contribution in [2.45, 2.75) is 65.0 Å². The number of hydrogen-bond donors (Lipinski definition) is 2. The minimum Gasteiger partial charge on any atom is -0.432 e. The number of phosphoric acid groups is 1. The molecule has 1 fully saturated rings. The van der Waals surface area contributed by atoms with Gasteiger partial charge < -0.3 is 39.1 Å². The van der Waals surface area contributed by atoms with Crippen molar-refractivity contribution in [3.63, 3.8) is 0 Å². The van der Waals surface area contributed by atoms with E-state index in [1.165, 1.54) is 24.0 Å². The van der Waals surface area contributed by atoms with Gasteiger partial charge >= 0.3 is 20.1 Å². The standard InChI is InChI=1S/C24H32FN4O12P/c1-6-7-16-18(30)24(25,41-21(16)29-9-8-17-19(26)27-11-28-20(17)29)10-36-42(33,37-12-34-22(31)39-14(2)3)38-13-35-23(32)40-15(4)5/h8-9,11,14-16,18,21,30H,10,12-13H2,1-5H3,(H2,26,27,28)/t16-,18-,21+,24+/m0/s1. The summed E-state index contributed by atoms with van der Waals surface area (Å²) in [5, 5.41) is 11.3. The SMILES string of the molecule is CC#C[C@@H]1[C@H](n2ccc3c(N)ncnc32)O[C@](F)(COP(=O)(OCOC(=O)OC(C)C)OCOC(=O)OC(C)C)[C@H]1O. The second kappa shape index (κ2) is 14.1. The van der Waals surface area contributed by atoms with E-state index in [2.05, 4.69) is 31.3 Å². The lowest BCUT2D eigenvalue weighted by Gasteiger charge is -2.25. The molecule has 3 N–H and O–H groups in total. The monoisotopic (exact) mass is 618 g/mol. The van der Waals surface area contributed by atoms with Crippen LogP contribution >= 0.6 is 7.82 Å². The third kappa shape index (κ3) is 8.28. The molecule has 1 saturated heterocycles. The number of ether oxygens (including phenoxy) is 5. The number of alkyl halides is 1. The molecular weight excluding hydrogens is 586 g/mol. The number of nitrogens with zero attached hydrogens (tertiary/aromatic N) is 3. The lowest BCUT2D eigenvalue weighted by Crippen LogP contribution is -2.41. The van der Waals surface area contributed by atoms with E-state index in [1.54, 1.807) is 33.8 Å². The third-order valence-electron chi connectivity index (χ3n) is 5.39. The summed E-state index contributed by atoms with van der Waals surface area (Å²) in [5.74, 6) is 1.30. The molecule has 1 aliphatic rings. The number of aromatic nitrogens is 3. The Morgan fingerprint density at radius 3 is 2.29 bits per heavy atom. The van der Waals surface area contributed by atoms with E-state index in [4.69, 9.17) is 33.5 Å². The summed E-state index contributed by atoms with van der Waals surface area (Å²) in [6.45, 7) is 4.44. The Morgan fingerprint density at radius 2 is 1.74 bits per heavy atom. The van der Waals surface area contributed by atoms with E-state index >= 15 is 4.39 Å². The fraction of sp³-hybridized carbons (Fsp3) is 0.583. The van der Waals surface area contributed by atoms with Crippen molar-refractivity contribution in [1.82, 2.24) is 14.5 Å². The highest BCUT2D eigenvalue weighted by molar-refractivity contribution is 7.48. The van der Waals surface area contributed by atoms with E-state index in [1.807, 2.05) is 0 Å². The minimum absolute atomic E-state index is 0.166. The zero-order chi connectivity index (χ0) is 31.1. The molecule has 0 radical (unpaired) electrons. The Hall–Kier alpha value is -3.52. The molecule has 4 atom stereocenters. The summed E-state index contributed by atoms with van der Waals surface area (Å²) in [4.78, 5) is 31.3. The summed E-state index contributed by atoms with van der Waals surface area (Å²) < 4.78 is 70.1. The van der Waals surface area contributed by atoms with Crippen molar-refractivity contribution in [1.29, 1.82) is 0 Å². The summed E-state index contributed by atoms with van der Waals surface area (Å²) >= 11 is 0. The normalized spacial score (nSPS) is 22.2. The Kier molecular flexibility index (Phi) is 11.1. The van der Waals surface area contributed by atoms with Crippen LogP contribution in [0.4, 0.5) is 19.8 Å². The second-order valence-electron chi connectivity index (χ2n) is 9.22. The maximum atomic E-state index is 16.1. The summed E-state index contributed by atoms with van der Waals surface area (Å²) in [6, 6.07) is 1.58. The maximum Gasteiger partial charge on any atom is 0.510 e. The molecule has 16 nitrogen and oxygen atoms in total. The zero-order valence-electron chi connectivity index (χ0n) is 23.4. The topological polar surface area (TPSA) is 202 Å². The van der Waals surface area contributed by atoms with Gasteiger partial charge in [-0.1, -0.05) is 5.92 Å². The van der Waals surface area contributed by atoms with E-state index in [9.17, 15) is 19.3 Å². The molecule has 3 rings (SSSR count). The van der Waals surface area contributed by atoms with Crippen molar-refractivity contribution in [3.05, 3.63) is 18.6 Å². The lowest BCUT2D eigenvalue weighted by molar-refractivity contribution is -0.205. The van der Waals surface area contributed by atoms with Crippen LogP contribution in [0.5, 0.6) is 0 Å². The fourth-order valence-electron chi connectivity index (χ4n) is 3.64. The Labute approximate surface area is 240 Å². The molecule has 0 spiro atoms. The van der Waals surface area contributed by atoms with Gasteiger partial charge in [-0.05, 0) is 40.7 Å². The third-order valence-corrected chi connectivity index (χ3v) is 6.68. The molecule has 42 heavy (non-hydrogen) atoms. The predicted octanol–water partition coefficient (Wildman–Crippen LogP) is 3.40. The Balaban J connectivity index is 1.77. The van der Waals surface area contributed by atoms with Crippen LogP contribution in [0.1, 0.15) is 40.8 Å². The van der Waals surface area contributed by atoms with Crippen molar-refractivity contribution in [2.24, 2.45) is 5.92 Å². The smallest absolute Gasteiger partial charge is 0.432 e. The number of hydrogen-bond acceptors (Lipinski definition) is 15. The highest BCUT2D eigenvalue weighted by Gasteiger charge is 2.57. The highest BCUT2D eigenvalue weighted by atomic mass is 31.2. The number of phosphoric ester groups is 1. The first kappa shape index (κ1) is 33.0. The van der Waals surface area contributed by atoms with Crippen LogP contribution in [0.2, 0.25) is 0 Å². The average Bonchev–Trinajstić information content (AvgIpc) is 3.43. The van der Waals surface area contributed by atoms with Gasteiger partial charge in [-0.15, -0.1) is 5.92 Å². The van der Waals surface area contributed by atoms with Gasteiger partial charge in [-0.2, -0.15) is 0 Å². The average molecular weight is 619 g/mol. The number of carbonyl (C=O) groups excluding carboxylic acids is 2. The van der Waals surface area contributed by atoms with Crippen molar-refractivity contribution < 1.29 is 60.9 Å². The number of halogens is 1. The lowest BCUT2D eigenvalue weighted by atomic mass is 9.99. The molecule has 2 aromatic rings. The number of carbonyl (C=O) groups is 2. The van der Waals surface area contributed by atoms with Gasteiger partial charge in [0.1, 0.15) is 30.5 Å². The molecule has 18 heteroatoms. The number of anilines is 1. The molecule has 0 aromatic carbocycles. The van der Waals surface area contributed by atoms with Crippen LogP contribution in [0.25, 0.3) is 11.0 Å². The van der Waals surface area contributed by atoms with Gasteiger partial charge in [0, 0.05) is 6.20 Å². The van der Waals surface area contributed by atoms with Crippen LogP contribution < -0.4 is 5.73 Å². The number of fused-ring (bicyclic) bond motifs is 1. The number of rotatable bonds is 12. The highest BCUT2D eigenvalue weighted by Crippen LogP contribution is 2.52. The van der Waals surface area contributed by atoms with E-state index in [0.717, 1.165) is 0 Å². The molecule has 0 saturated carbocycles. The van der Waals surface area contributed by atoms with Crippen molar-refractivity contribution in [3.8, 4) is 11.8 Å². The largest absolute Gasteiger partial charge is 0.510 e. The molecule has 3 heterocycles. The molecule has 0 amide bonds. The molecular formula is C24H32FN4O12P. The number of nitrogens with two attached hydrogens (primary N) is 1. The quantitative estimate of drug-likeness (QED) is 0.151. The molecule has 0 unspecified atom stereocenters. The van der Waals surface area contributed by atoms with Crippen molar-refractivity contribution in [2.75, 3.05) is 25.9 Å². The summed E-state index contributed by atoms with van der Waals surface area (Å²) in [6.07, 6.45) is -3.87. The van der Waals surface area contributed by atoms with Gasteiger partial charge in [0.15, 0.2) is 6.23 Å². The van der Waals surface area contributed by atoms with Gasteiger partial charge in [0.05, 0.1) is 23.5 Å². The summed E-state index contributed by atoms with van der Waals surface area (Å²) in [5.41, 5.74) is 6.17. The van der Waals surface area contributed by atoms with Gasteiger partial charge in [0.2, 0.25) is 13.6 Å². The molecule has 232 valence electrons. The second-order valence-corrected chi connectivity index (χ2v) is 10.9. The number of aliphatic hydroxyl groups is 1. The van der Waals surface area contributed by atoms with Crippen LogP contribution in [-0.4, -0.2) is 76.3 Å². The van der Waals surface area contributed by atoms with Crippen molar-refractivity contribution >= 4 is 37.0 Å².